The van der Waals surface area contributed by atoms with Crippen molar-refractivity contribution in [2.24, 2.45) is 11.8 Å². The van der Waals surface area contributed by atoms with Gasteiger partial charge in [-0.1, -0.05) is 26.0 Å². The highest BCUT2D eigenvalue weighted by Crippen LogP contribution is 2.38. The van der Waals surface area contributed by atoms with E-state index in [9.17, 15) is 23.3 Å². The number of benzene rings is 2. The van der Waals surface area contributed by atoms with Gasteiger partial charge in [0.05, 0.1) is 33.3 Å². The number of sulfone groups is 1. The number of anilines is 2. The average molecular weight is 436 g/mol. The van der Waals surface area contributed by atoms with E-state index < -0.39 is 27.4 Å². The Morgan fingerprint density at radius 3 is 2.61 bits per heavy atom. The van der Waals surface area contributed by atoms with Crippen LogP contribution < -0.4 is 10.2 Å². The first-order valence-corrected chi connectivity index (χ1v) is 11.5. The number of ketones is 1. The fourth-order valence-corrected chi connectivity index (χ4v) is 5.20. The smallest absolute Gasteiger partial charge is 0.244 e. The molecule has 1 N–H and O–H groups in total. The number of fused-ring (bicyclic) bond motifs is 2. The topological polar surface area (TPSA) is 107 Å². The Balaban J connectivity index is 1.83. The molecule has 31 heavy (non-hydrogen) atoms. The summed E-state index contributed by atoms with van der Waals surface area (Å²) in [4.78, 5) is 28.4. The van der Waals surface area contributed by atoms with Crippen LogP contribution in [0.2, 0.25) is 0 Å². The maximum Gasteiger partial charge on any atom is 0.244 e. The third kappa shape index (κ3) is 3.62. The summed E-state index contributed by atoms with van der Waals surface area (Å²) in [5, 5.41) is 13.2. The normalized spacial score (nSPS) is 19.2. The van der Waals surface area contributed by atoms with Crippen LogP contribution in [0.25, 0.3) is 0 Å². The van der Waals surface area contributed by atoms with Crippen LogP contribution in [0.15, 0.2) is 58.5 Å². The SMILES string of the molecule is CC(C)CCN1C(=O)C(C2=CS(=O)(=O)c3ccccc3N2)C(=O)c2cc(C#N)ccc21. The van der Waals surface area contributed by atoms with E-state index in [4.69, 9.17) is 0 Å². The number of nitrogens with zero attached hydrogens (tertiary/aromatic N) is 2. The number of nitriles is 1. The monoisotopic (exact) mass is 435 g/mol. The van der Waals surface area contributed by atoms with E-state index in [2.05, 4.69) is 5.32 Å². The Morgan fingerprint density at radius 1 is 1.16 bits per heavy atom. The molecule has 2 aliphatic rings. The molecule has 2 aromatic rings. The summed E-state index contributed by atoms with van der Waals surface area (Å²) in [5.41, 5.74) is 1.34. The molecular formula is C23H21N3O4S. The van der Waals surface area contributed by atoms with Crippen molar-refractivity contribution in [3.8, 4) is 6.07 Å². The second-order valence-electron chi connectivity index (χ2n) is 8.05. The predicted molar refractivity (Wildman–Crippen MR) is 116 cm³/mol. The molecule has 1 amide bonds. The molecule has 0 radical (unpaired) electrons. The Kier molecular flexibility index (Phi) is 5.15. The van der Waals surface area contributed by atoms with Crippen molar-refractivity contribution < 1.29 is 18.0 Å². The number of carbonyl (C=O) groups is 2. The van der Waals surface area contributed by atoms with Crippen LogP contribution in [-0.4, -0.2) is 26.7 Å². The molecule has 0 saturated heterocycles. The van der Waals surface area contributed by atoms with Gasteiger partial charge in [0.15, 0.2) is 5.78 Å². The first-order valence-electron chi connectivity index (χ1n) is 9.95. The van der Waals surface area contributed by atoms with Crippen LogP contribution in [-0.2, 0) is 14.6 Å². The second-order valence-corrected chi connectivity index (χ2v) is 9.82. The molecule has 7 nitrogen and oxygen atoms in total. The lowest BCUT2D eigenvalue weighted by Crippen LogP contribution is -2.47. The van der Waals surface area contributed by atoms with Crippen LogP contribution in [0, 0.1) is 23.2 Å². The lowest BCUT2D eigenvalue weighted by Gasteiger charge is -2.35. The Morgan fingerprint density at radius 2 is 1.90 bits per heavy atom. The van der Waals surface area contributed by atoms with Crippen molar-refractivity contribution in [3.63, 3.8) is 0 Å². The zero-order chi connectivity index (χ0) is 22.3. The van der Waals surface area contributed by atoms with Crippen molar-refractivity contribution >= 4 is 32.9 Å². The molecule has 2 heterocycles. The highest BCUT2D eigenvalue weighted by molar-refractivity contribution is 7.94. The number of rotatable bonds is 4. The van der Waals surface area contributed by atoms with Crippen molar-refractivity contribution in [2.75, 3.05) is 16.8 Å². The van der Waals surface area contributed by atoms with Gasteiger partial charge in [0, 0.05) is 17.8 Å². The summed E-state index contributed by atoms with van der Waals surface area (Å²) >= 11 is 0. The van der Waals surface area contributed by atoms with Gasteiger partial charge in [-0.3, -0.25) is 9.59 Å². The number of amides is 1. The molecule has 1 atom stereocenters. The van der Waals surface area contributed by atoms with Gasteiger partial charge in [-0.25, -0.2) is 8.42 Å². The Hall–Kier alpha value is -3.44. The number of hydrogen-bond donors (Lipinski definition) is 1. The quantitative estimate of drug-likeness (QED) is 0.737. The maximum absolute atomic E-state index is 13.5. The zero-order valence-electron chi connectivity index (χ0n) is 17.1. The molecular weight excluding hydrogens is 414 g/mol. The Bertz CT molecular complexity index is 1270. The van der Waals surface area contributed by atoms with Crippen molar-refractivity contribution in [1.82, 2.24) is 0 Å². The van der Waals surface area contributed by atoms with Crippen LogP contribution in [0.3, 0.4) is 0 Å². The van der Waals surface area contributed by atoms with Gasteiger partial charge >= 0.3 is 0 Å². The zero-order valence-corrected chi connectivity index (χ0v) is 17.9. The second kappa shape index (κ2) is 7.67. The van der Waals surface area contributed by atoms with Crippen LogP contribution in [0.1, 0.15) is 36.2 Å². The lowest BCUT2D eigenvalue weighted by atomic mass is 9.86. The number of hydrogen-bond acceptors (Lipinski definition) is 6. The van der Waals surface area contributed by atoms with Crippen molar-refractivity contribution in [1.29, 1.82) is 5.26 Å². The highest BCUT2D eigenvalue weighted by Gasteiger charge is 2.43. The van der Waals surface area contributed by atoms with Gasteiger partial charge in [0.2, 0.25) is 15.7 Å². The minimum atomic E-state index is -3.82. The fraction of sp³-hybridized carbons (Fsp3) is 0.261. The van der Waals surface area contributed by atoms with Gasteiger partial charge < -0.3 is 10.2 Å². The number of Topliss-reactive ketones (excluding diaryl/α,β-unsaturated/α-hetero) is 1. The van der Waals surface area contributed by atoms with E-state index in [-0.39, 0.29) is 16.2 Å². The number of carbonyl (C=O) groups excluding carboxylic acids is 2. The minimum Gasteiger partial charge on any atom is -0.356 e. The molecule has 2 aliphatic heterocycles. The average Bonchev–Trinajstić information content (AvgIpc) is 2.73. The largest absolute Gasteiger partial charge is 0.356 e. The number of para-hydroxylation sites is 1. The van der Waals surface area contributed by atoms with Crippen LogP contribution in [0.4, 0.5) is 11.4 Å². The molecule has 0 saturated carbocycles. The van der Waals surface area contributed by atoms with Crippen LogP contribution >= 0.6 is 0 Å². The summed E-state index contributed by atoms with van der Waals surface area (Å²) in [5.74, 6) is -2.00. The minimum absolute atomic E-state index is 0.0243. The summed E-state index contributed by atoms with van der Waals surface area (Å²) in [6.45, 7) is 4.45. The van der Waals surface area contributed by atoms with Gasteiger partial charge in [0.1, 0.15) is 5.92 Å². The number of nitrogens with one attached hydrogen (secondary N) is 1. The van der Waals surface area contributed by atoms with Gasteiger partial charge in [-0.05, 0) is 42.7 Å². The lowest BCUT2D eigenvalue weighted by molar-refractivity contribution is -0.120. The Labute approximate surface area is 180 Å². The molecule has 1 unspecified atom stereocenters. The van der Waals surface area contributed by atoms with E-state index in [1.807, 2.05) is 19.9 Å². The van der Waals surface area contributed by atoms with E-state index in [0.717, 1.165) is 5.41 Å². The fourth-order valence-electron chi connectivity index (χ4n) is 3.85. The molecule has 8 heteroatoms. The molecule has 0 aromatic heterocycles. The predicted octanol–water partition coefficient (Wildman–Crippen LogP) is 3.49. The first-order chi connectivity index (χ1) is 14.7. The van der Waals surface area contributed by atoms with Crippen molar-refractivity contribution in [3.05, 3.63) is 64.7 Å². The summed E-state index contributed by atoms with van der Waals surface area (Å²) < 4.78 is 25.6. The van der Waals surface area contributed by atoms with E-state index >= 15 is 0 Å². The van der Waals surface area contributed by atoms with Crippen LogP contribution in [0.5, 0.6) is 0 Å². The molecule has 0 spiro atoms. The van der Waals surface area contributed by atoms with E-state index in [1.54, 1.807) is 30.3 Å². The maximum atomic E-state index is 13.5. The molecule has 4 rings (SSSR count). The molecule has 2 aromatic carbocycles. The standard InChI is InChI=1S/C23H21N3O4S/c1-14(2)9-10-26-19-8-7-15(12-24)11-16(19)22(27)21(23(26)28)18-13-31(29,30)20-6-4-3-5-17(20)25-18/h3-8,11,13-14,21,25H,9-10H2,1-2H3. The van der Waals surface area contributed by atoms with E-state index in [0.29, 0.717) is 35.8 Å². The third-order valence-electron chi connectivity index (χ3n) is 5.45. The summed E-state index contributed by atoms with van der Waals surface area (Å²) in [6.07, 6.45) is 0.708. The highest BCUT2D eigenvalue weighted by atomic mass is 32.2. The summed E-state index contributed by atoms with van der Waals surface area (Å²) in [6, 6.07) is 13.0. The van der Waals surface area contributed by atoms with Gasteiger partial charge in [0.25, 0.3) is 0 Å². The first kappa shape index (κ1) is 20.8. The van der Waals surface area contributed by atoms with E-state index in [1.165, 1.54) is 17.0 Å². The molecule has 0 fully saturated rings. The van der Waals surface area contributed by atoms with Gasteiger partial charge in [-0.15, -0.1) is 0 Å². The summed E-state index contributed by atoms with van der Waals surface area (Å²) in [7, 11) is -3.82. The molecule has 0 aliphatic carbocycles. The molecule has 0 bridgehead atoms. The van der Waals surface area contributed by atoms with Gasteiger partial charge in [-0.2, -0.15) is 5.26 Å². The van der Waals surface area contributed by atoms with Crippen molar-refractivity contribution in [2.45, 2.75) is 25.2 Å². The third-order valence-corrected chi connectivity index (χ3v) is 6.99. The molecule has 158 valence electrons.